The van der Waals surface area contributed by atoms with Gasteiger partial charge in [0.15, 0.2) is 0 Å². The van der Waals surface area contributed by atoms with Gasteiger partial charge in [-0.05, 0) is 125 Å². The van der Waals surface area contributed by atoms with Crippen molar-refractivity contribution in [2.45, 2.75) is 153 Å². The number of carboxylic acids is 2. The van der Waals surface area contributed by atoms with Crippen LogP contribution in [0.15, 0.2) is 57.5 Å². The van der Waals surface area contributed by atoms with E-state index in [1.807, 2.05) is 48.5 Å². The second-order valence-electron chi connectivity index (χ2n) is 19.7. The second kappa shape index (κ2) is 34.6. The van der Waals surface area contributed by atoms with E-state index < -0.39 is 60.1 Å². The molecule has 2 fully saturated rings. The van der Waals surface area contributed by atoms with E-state index in [9.17, 15) is 43.8 Å². The first-order valence-corrected chi connectivity index (χ1v) is 28.3. The normalized spacial score (nSPS) is 15.8. The van der Waals surface area contributed by atoms with E-state index >= 15 is 0 Å². The molecule has 2 aromatic rings. The number of urea groups is 3. The van der Waals surface area contributed by atoms with Crippen LogP contribution in [-0.2, 0) is 32.0 Å². The highest BCUT2D eigenvalue weighted by Gasteiger charge is 2.35. The van der Waals surface area contributed by atoms with Crippen molar-refractivity contribution in [1.82, 2.24) is 41.3 Å². The summed E-state index contributed by atoms with van der Waals surface area (Å²) in [6.07, 6.45) is 11.2. The average molecular weight is 1160 g/mol. The van der Waals surface area contributed by atoms with Crippen LogP contribution in [0.3, 0.4) is 0 Å². The molecule has 19 nitrogen and oxygen atoms in total. The first-order valence-electron chi connectivity index (χ1n) is 26.7. The van der Waals surface area contributed by atoms with Gasteiger partial charge in [-0.25, -0.2) is 14.4 Å². The zero-order chi connectivity index (χ0) is 53.7. The van der Waals surface area contributed by atoms with Crippen LogP contribution >= 0.6 is 31.9 Å². The highest BCUT2D eigenvalue weighted by atomic mass is 79.9. The van der Waals surface area contributed by atoms with Crippen LogP contribution in [0.25, 0.3) is 0 Å². The summed E-state index contributed by atoms with van der Waals surface area (Å²) in [4.78, 5) is 98.8. The number of carbonyl (C=O) groups is 7. The fourth-order valence-electron chi connectivity index (χ4n) is 9.74. The Morgan fingerprint density at radius 3 is 1.82 bits per heavy atom. The third kappa shape index (κ3) is 24.1. The quantitative estimate of drug-likeness (QED) is 0.0342. The molecular formula is C53H82Br2N10O9. The van der Waals surface area contributed by atoms with Gasteiger partial charge in [-0.3, -0.25) is 19.2 Å². The smallest absolute Gasteiger partial charge is 0.317 e. The Bertz CT molecular complexity index is 2040. The van der Waals surface area contributed by atoms with Gasteiger partial charge in [0.1, 0.15) is 0 Å². The van der Waals surface area contributed by atoms with Crippen molar-refractivity contribution in [3.05, 3.63) is 68.6 Å². The number of aryl methyl sites for hydroxylation is 1. The molecule has 3 unspecified atom stereocenters. The van der Waals surface area contributed by atoms with Crippen molar-refractivity contribution < 1.29 is 43.8 Å². The number of hydrogen-bond acceptors (Lipinski definition) is 9. The molecule has 4 atom stereocenters. The molecular weight excluding hydrogens is 1080 g/mol. The number of carboxylic acid groups (broad SMARTS) is 2. The highest BCUT2D eigenvalue weighted by molar-refractivity contribution is 9.10. The summed E-state index contributed by atoms with van der Waals surface area (Å²) in [7, 11) is 0. The number of benzene rings is 2. The molecule has 0 spiro atoms. The third-order valence-corrected chi connectivity index (χ3v) is 15.0. The molecule has 1 saturated heterocycles. The lowest BCUT2D eigenvalue weighted by atomic mass is 9.86. The number of primary amides is 1. The minimum absolute atomic E-state index is 0.0172. The van der Waals surface area contributed by atoms with E-state index in [4.69, 9.17) is 11.5 Å². The summed E-state index contributed by atoms with van der Waals surface area (Å²) >= 11 is 6.92. The van der Waals surface area contributed by atoms with E-state index in [0.29, 0.717) is 70.5 Å². The molecule has 0 aromatic heterocycles. The van der Waals surface area contributed by atoms with E-state index in [2.05, 4.69) is 58.4 Å². The molecule has 11 N–H and O–H groups in total. The van der Waals surface area contributed by atoms with Gasteiger partial charge in [-0.1, -0.05) is 94.7 Å². The average Bonchev–Trinajstić information content (AvgIpc) is 3.93. The predicted octanol–water partition coefficient (Wildman–Crippen LogP) is 6.49. The SMILES string of the molecule is NCCCCC(CN(C(=O)NCCc1ccc(Br)cc1)C(CCC(=O)O)CN(CCC(N)=O)C(=O)NCCCc1ccc(Br)cc1)N(CC(CCC(=O)O)NC(=O)[C@@H]1CCCN1)C(=O)NCCCC1CCCCC1. The van der Waals surface area contributed by atoms with Gasteiger partial charge in [-0.2, -0.15) is 0 Å². The number of carbonyl (C=O) groups excluding carboxylic acids is 5. The van der Waals surface area contributed by atoms with Gasteiger partial charge in [0.2, 0.25) is 11.8 Å². The minimum Gasteiger partial charge on any atom is -0.481 e. The summed E-state index contributed by atoms with van der Waals surface area (Å²) in [5.41, 5.74) is 13.7. The Kier molecular flexibility index (Phi) is 28.7. The molecule has 2 aromatic carbocycles. The van der Waals surface area contributed by atoms with Crippen LogP contribution < -0.4 is 38.1 Å². The zero-order valence-electron chi connectivity index (χ0n) is 43.0. The first-order chi connectivity index (χ1) is 35.6. The maximum Gasteiger partial charge on any atom is 0.317 e. The Morgan fingerprint density at radius 1 is 0.635 bits per heavy atom. The molecule has 1 heterocycles. The van der Waals surface area contributed by atoms with Gasteiger partial charge in [0.05, 0.1) is 18.1 Å². The van der Waals surface area contributed by atoms with Crippen molar-refractivity contribution in [2.75, 3.05) is 58.9 Å². The van der Waals surface area contributed by atoms with Crippen LogP contribution in [0.1, 0.15) is 127 Å². The monoisotopic (exact) mass is 1160 g/mol. The highest BCUT2D eigenvalue weighted by Crippen LogP contribution is 2.27. The number of nitrogens with two attached hydrogens (primary N) is 2. The van der Waals surface area contributed by atoms with E-state index in [-0.39, 0.29) is 77.3 Å². The first kappa shape index (κ1) is 61.6. The molecule has 1 aliphatic carbocycles. The molecule has 1 aliphatic heterocycles. The molecule has 2 aliphatic rings. The van der Waals surface area contributed by atoms with Crippen molar-refractivity contribution in [1.29, 1.82) is 0 Å². The van der Waals surface area contributed by atoms with Crippen LogP contribution in [0, 0.1) is 5.92 Å². The third-order valence-electron chi connectivity index (χ3n) is 13.9. The Morgan fingerprint density at radius 2 is 1.22 bits per heavy atom. The van der Waals surface area contributed by atoms with Gasteiger partial charge in [0, 0.05) is 80.1 Å². The maximum atomic E-state index is 15.0. The Hall–Kier alpha value is -4.99. The Balaban J connectivity index is 1.74. The predicted molar refractivity (Wildman–Crippen MR) is 292 cm³/mol. The zero-order valence-corrected chi connectivity index (χ0v) is 46.2. The lowest BCUT2D eigenvalue weighted by molar-refractivity contribution is -0.138. The number of nitrogens with zero attached hydrogens (tertiary/aromatic N) is 3. The number of rotatable bonds is 34. The minimum atomic E-state index is -1.13. The van der Waals surface area contributed by atoms with E-state index in [0.717, 1.165) is 52.2 Å². The van der Waals surface area contributed by atoms with E-state index in [1.54, 1.807) is 4.90 Å². The summed E-state index contributed by atoms with van der Waals surface area (Å²) in [6, 6.07) is 11.0. The summed E-state index contributed by atoms with van der Waals surface area (Å²) in [6.45, 7) is 1.31. The van der Waals surface area contributed by atoms with Crippen LogP contribution in [-0.4, -0.2) is 150 Å². The molecule has 4 rings (SSSR count). The fraction of sp³-hybridized carbons (Fsp3) is 0.642. The molecule has 21 heteroatoms. The van der Waals surface area contributed by atoms with Gasteiger partial charge in [0.25, 0.3) is 0 Å². The molecule has 0 bridgehead atoms. The summed E-state index contributed by atoms with van der Waals surface area (Å²) < 4.78 is 1.84. The van der Waals surface area contributed by atoms with Crippen LogP contribution in [0.5, 0.6) is 0 Å². The van der Waals surface area contributed by atoms with Gasteiger partial charge >= 0.3 is 30.0 Å². The largest absolute Gasteiger partial charge is 0.481 e. The number of aliphatic carboxylic acids is 2. The summed E-state index contributed by atoms with van der Waals surface area (Å²) in [5, 5.41) is 35.3. The van der Waals surface area contributed by atoms with Crippen LogP contribution in [0.2, 0.25) is 0 Å². The van der Waals surface area contributed by atoms with E-state index in [1.165, 1.54) is 29.1 Å². The van der Waals surface area contributed by atoms with Crippen molar-refractivity contribution in [3.63, 3.8) is 0 Å². The lowest BCUT2D eigenvalue weighted by Gasteiger charge is -2.41. The number of amides is 8. The fourth-order valence-corrected chi connectivity index (χ4v) is 10.3. The molecule has 1 saturated carbocycles. The van der Waals surface area contributed by atoms with Gasteiger partial charge in [-0.15, -0.1) is 0 Å². The van der Waals surface area contributed by atoms with Crippen molar-refractivity contribution in [3.8, 4) is 0 Å². The summed E-state index contributed by atoms with van der Waals surface area (Å²) in [5.74, 6) is -2.57. The molecule has 8 amide bonds. The molecule has 0 radical (unpaired) electrons. The number of halogens is 2. The van der Waals surface area contributed by atoms with Crippen LogP contribution in [0.4, 0.5) is 14.4 Å². The van der Waals surface area contributed by atoms with Gasteiger partial charge < -0.3 is 63.0 Å². The van der Waals surface area contributed by atoms with Crippen molar-refractivity contribution in [2.24, 2.45) is 17.4 Å². The molecule has 412 valence electrons. The topological polar surface area (TPSA) is 282 Å². The van der Waals surface area contributed by atoms with Crippen molar-refractivity contribution >= 4 is 73.7 Å². The number of hydrogen-bond donors (Lipinski definition) is 9. The molecule has 74 heavy (non-hydrogen) atoms. The second-order valence-corrected chi connectivity index (χ2v) is 21.6. The standard InChI is InChI=1S/C53H82Br2N10O9/c54-41-19-15-39(16-20-41)12-7-31-59-51(72)63(34-28-47(57)66)36-45(24-26-49(69)70)65(53(74)61-33-27-40-17-21-42(55)22-18-40)37-44(13-4-5-29-56)64(52(73)60-32-6-11-38-9-2-1-3-10-38)35-43(23-25-48(67)68)62-50(71)46-14-8-30-58-46/h15-22,38,43-46,58H,1-14,23-37,56H2,(H2,57,66)(H,59,72)(H,60,73)(H,61,74)(H,62,71)(H,67,68)(H,69,70)/t43?,44?,45?,46-/m0/s1. The number of nitrogens with one attached hydrogen (secondary N) is 5. The maximum absolute atomic E-state index is 15.0. The number of unbranched alkanes of at least 4 members (excludes halogenated alkanes) is 1. The lowest BCUT2D eigenvalue weighted by Crippen LogP contribution is -2.60. The Labute approximate surface area is 454 Å².